The molecule has 7 nitrogen and oxygen atoms in total. The second-order valence-corrected chi connectivity index (χ2v) is 7.90. The van der Waals surface area contributed by atoms with Gasteiger partial charge in [-0.2, -0.15) is 13.4 Å². The lowest BCUT2D eigenvalue weighted by atomic mass is 10.2. The number of aromatic nitrogens is 3. The third kappa shape index (κ3) is 4.00. The van der Waals surface area contributed by atoms with Crippen molar-refractivity contribution < 1.29 is 26.3 Å². The Kier molecular flexibility index (Phi) is 5.29. The second-order valence-electron chi connectivity index (χ2n) is 5.36. The van der Waals surface area contributed by atoms with Crippen LogP contribution in [0, 0.1) is 5.82 Å². The molecule has 0 aliphatic heterocycles. The van der Waals surface area contributed by atoms with Crippen molar-refractivity contribution in [2.75, 3.05) is 11.8 Å². The molecular formula is C15H12BrF3N4O3S. The third-order valence-corrected chi connectivity index (χ3v) is 5.34. The molecule has 3 aromatic heterocycles. The molecule has 144 valence electrons. The second kappa shape index (κ2) is 7.35. The molecule has 27 heavy (non-hydrogen) atoms. The van der Waals surface area contributed by atoms with Crippen LogP contribution in [0.2, 0.25) is 0 Å². The number of sulfonamides is 1. The quantitative estimate of drug-likeness (QED) is 0.605. The molecule has 3 aromatic rings. The average molecular weight is 465 g/mol. The molecular weight excluding hydrogens is 453 g/mol. The van der Waals surface area contributed by atoms with Gasteiger partial charge >= 0.3 is 0 Å². The van der Waals surface area contributed by atoms with Crippen LogP contribution in [0.5, 0.6) is 5.88 Å². The van der Waals surface area contributed by atoms with Crippen molar-refractivity contribution in [3.05, 3.63) is 46.4 Å². The first kappa shape index (κ1) is 19.4. The molecule has 12 heteroatoms. The van der Waals surface area contributed by atoms with Gasteiger partial charge in [-0.1, -0.05) is 15.9 Å². The molecule has 0 amide bonds. The number of hydrogen-bond acceptors (Lipinski definition) is 5. The van der Waals surface area contributed by atoms with Crippen molar-refractivity contribution in [3.63, 3.8) is 0 Å². The van der Waals surface area contributed by atoms with Crippen LogP contribution in [0.15, 0.2) is 40.1 Å². The molecule has 0 bridgehead atoms. The van der Waals surface area contributed by atoms with Gasteiger partial charge in [0.2, 0.25) is 12.3 Å². The number of methoxy groups -OCH3 is 1. The number of nitrogens with one attached hydrogen (secondary N) is 1. The van der Waals surface area contributed by atoms with Gasteiger partial charge in [0.15, 0.2) is 16.7 Å². The molecule has 0 spiro atoms. The van der Waals surface area contributed by atoms with Crippen LogP contribution in [0.1, 0.15) is 5.56 Å². The highest BCUT2D eigenvalue weighted by atomic mass is 79.9. The Morgan fingerprint density at radius 1 is 1.37 bits per heavy atom. The zero-order valence-corrected chi connectivity index (χ0v) is 16.1. The first-order valence-corrected chi connectivity index (χ1v) is 9.66. The molecule has 0 fully saturated rings. The Hall–Kier alpha value is -2.34. The maximum absolute atomic E-state index is 14.2. The summed E-state index contributed by atoms with van der Waals surface area (Å²) in [7, 11) is -3.10. The topological polar surface area (TPSA) is 85.6 Å². The number of rotatable bonds is 6. The zero-order valence-electron chi connectivity index (χ0n) is 13.7. The maximum Gasteiger partial charge on any atom is 0.280 e. The molecule has 1 N–H and O–H groups in total. The number of imidazole rings is 1. The van der Waals surface area contributed by atoms with Gasteiger partial charge in [0.05, 0.1) is 13.3 Å². The van der Waals surface area contributed by atoms with Gasteiger partial charge in [-0.05, 0) is 18.2 Å². The highest BCUT2D eigenvalue weighted by Gasteiger charge is 2.24. The lowest BCUT2D eigenvalue weighted by Gasteiger charge is -2.12. The van der Waals surface area contributed by atoms with E-state index in [0.29, 0.717) is 10.1 Å². The first-order valence-electron chi connectivity index (χ1n) is 7.38. The minimum absolute atomic E-state index is 0.174. The lowest BCUT2D eigenvalue weighted by molar-refractivity contribution is 0.147. The summed E-state index contributed by atoms with van der Waals surface area (Å²) >= 11 is 3.25. The van der Waals surface area contributed by atoms with Crippen molar-refractivity contribution >= 4 is 37.4 Å². The molecule has 0 atom stereocenters. The van der Waals surface area contributed by atoms with Crippen molar-refractivity contribution in [2.24, 2.45) is 0 Å². The predicted octanol–water partition coefficient (Wildman–Crippen LogP) is 3.25. The van der Waals surface area contributed by atoms with Gasteiger partial charge in [-0.15, -0.1) is 0 Å². The molecule has 0 aromatic carbocycles. The fraction of sp³-hybridized carbons (Fsp3) is 0.200. The number of pyridine rings is 2. The third-order valence-electron chi connectivity index (χ3n) is 3.53. The number of halogens is 4. The fourth-order valence-electron chi connectivity index (χ4n) is 2.38. The van der Waals surface area contributed by atoms with Crippen molar-refractivity contribution in [2.45, 2.75) is 17.9 Å². The minimum atomic E-state index is -4.26. The molecule has 0 saturated heterocycles. The summed E-state index contributed by atoms with van der Waals surface area (Å²) in [6.45, 7) is 0. The summed E-state index contributed by atoms with van der Waals surface area (Å²) in [5.74, 6) is -2.07. The molecule has 0 unspecified atom stereocenters. The first-order chi connectivity index (χ1) is 12.7. The van der Waals surface area contributed by atoms with Gasteiger partial charge in [-0.3, -0.25) is 9.12 Å². The molecule has 0 aliphatic carbocycles. The molecule has 0 radical (unpaired) electrons. The standard InChI is InChI=1S/C15H12BrF3N4O3S/c1-26-15-8(5-11(18)19)4-10(17)14(21-15)22-27(24,25)13-7-20-12-6-9(16)2-3-23(12)13/h2-4,6-7,11H,5H2,1H3,(H,21,22). The zero-order chi connectivity index (χ0) is 19.8. The van der Waals surface area contributed by atoms with E-state index >= 15 is 0 Å². The smallest absolute Gasteiger partial charge is 0.280 e. The molecule has 0 aliphatic rings. The lowest BCUT2D eigenvalue weighted by Crippen LogP contribution is -2.17. The van der Waals surface area contributed by atoms with Crippen LogP contribution >= 0.6 is 15.9 Å². The van der Waals surface area contributed by atoms with E-state index in [1.165, 1.54) is 10.6 Å². The predicted molar refractivity (Wildman–Crippen MR) is 94.2 cm³/mol. The largest absolute Gasteiger partial charge is 0.481 e. The SMILES string of the molecule is COc1nc(NS(=O)(=O)c2cnc3cc(Br)ccn23)c(F)cc1CC(F)F. The van der Waals surface area contributed by atoms with E-state index < -0.39 is 34.5 Å². The van der Waals surface area contributed by atoms with Crippen LogP contribution in [-0.4, -0.2) is 36.3 Å². The van der Waals surface area contributed by atoms with Gasteiger partial charge in [0.1, 0.15) is 5.65 Å². The van der Waals surface area contributed by atoms with Gasteiger partial charge in [0.25, 0.3) is 10.0 Å². The Morgan fingerprint density at radius 2 is 2.11 bits per heavy atom. The number of nitrogens with zero attached hydrogens (tertiary/aromatic N) is 3. The molecule has 3 heterocycles. The highest BCUT2D eigenvalue weighted by Crippen LogP contribution is 2.26. The summed E-state index contributed by atoms with van der Waals surface area (Å²) in [4.78, 5) is 7.66. The van der Waals surface area contributed by atoms with Gasteiger partial charge in [0, 0.05) is 22.7 Å². The Bertz CT molecular complexity index is 1110. The van der Waals surface area contributed by atoms with Crippen molar-refractivity contribution in [3.8, 4) is 5.88 Å². The minimum Gasteiger partial charge on any atom is -0.481 e. The van der Waals surface area contributed by atoms with E-state index in [2.05, 4.69) is 25.9 Å². The van der Waals surface area contributed by atoms with Crippen molar-refractivity contribution in [1.29, 1.82) is 0 Å². The van der Waals surface area contributed by atoms with E-state index in [0.717, 1.165) is 19.4 Å². The van der Waals surface area contributed by atoms with Crippen LogP contribution in [0.3, 0.4) is 0 Å². The number of alkyl halides is 2. The summed E-state index contributed by atoms with van der Waals surface area (Å²) in [5, 5.41) is -0.248. The van der Waals surface area contributed by atoms with E-state index in [9.17, 15) is 21.6 Å². The van der Waals surface area contributed by atoms with Crippen LogP contribution < -0.4 is 9.46 Å². The Morgan fingerprint density at radius 3 is 2.78 bits per heavy atom. The summed E-state index contributed by atoms with van der Waals surface area (Å²) < 4.78 is 73.5. The van der Waals surface area contributed by atoms with E-state index in [1.54, 1.807) is 12.1 Å². The molecule has 0 saturated carbocycles. The molecule has 3 rings (SSSR count). The Labute approximate surface area is 160 Å². The Balaban J connectivity index is 2.00. The van der Waals surface area contributed by atoms with E-state index in [-0.39, 0.29) is 16.5 Å². The van der Waals surface area contributed by atoms with Crippen LogP contribution in [0.4, 0.5) is 19.0 Å². The number of fused-ring (bicyclic) bond motifs is 1. The highest BCUT2D eigenvalue weighted by molar-refractivity contribution is 9.10. The summed E-state index contributed by atoms with van der Waals surface area (Å²) in [6.07, 6.45) is -0.941. The maximum atomic E-state index is 14.2. The fourth-order valence-corrected chi connectivity index (χ4v) is 3.81. The number of anilines is 1. The van der Waals surface area contributed by atoms with Crippen LogP contribution in [-0.2, 0) is 16.4 Å². The number of hydrogen-bond donors (Lipinski definition) is 1. The van der Waals surface area contributed by atoms with Crippen molar-refractivity contribution in [1.82, 2.24) is 14.4 Å². The van der Waals surface area contributed by atoms with E-state index in [4.69, 9.17) is 4.74 Å². The van der Waals surface area contributed by atoms with Gasteiger partial charge < -0.3 is 4.74 Å². The monoisotopic (exact) mass is 464 g/mol. The van der Waals surface area contributed by atoms with Crippen LogP contribution in [0.25, 0.3) is 5.65 Å². The average Bonchev–Trinajstić information content (AvgIpc) is 3.00. The van der Waals surface area contributed by atoms with E-state index in [1.807, 2.05) is 4.72 Å². The van der Waals surface area contributed by atoms with Gasteiger partial charge in [-0.25, -0.2) is 18.2 Å². The summed E-state index contributed by atoms with van der Waals surface area (Å²) in [5.41, 5.74) is 0.177. The normalized spacial score (nSPS) is 11.9. The summed E-state index contributed by atoms with van der Waals surface area (Å²) in [6, 6.07) is 3.97. The number of ether oxygens (including phenoxy) is 1.